The highest BCUT2D eigenvalue weighted by Crippen LogP contribution is 2.24. The van der Waals surface area contributed by atoms with Crippen LogP contribution in [0.15, 0.2) is 23.1 Å². The molecule has 0 aliphatic rings. The first-order valence-corrected chi connectivity index (χ1v) is 6.52. The zero-order valence-corrected chi connectivity index (χ0v) is 10.7. The van der Waals surface area contributed by atoms with Gasteiger partial charge in [-0.05, 0) is 18.2 Å². The van der Waals surface area contributed by atoms with Gasteiger partial charge in [-0.15, -0.1) is 0 Å². The second-order valence-corrected chi connectivity index (χ2v) is 5.73. The normalized spacial score (nSPS) is 11.5. The first kappa shape index (κ1) is 13.9. The summed E-state index contributed by atoms with van der Waals surface area (Å²) in [6.45, 7) is -0.289. The summed E-state index contributed by atoms with van der Waals surface area (Å²) in [5.74, 6) is 0. The molecular weight excluding hydrogens is 264 g/mol. The molecule has 1 aromatic rings. The second kappa shape index (κ2) is 5.47. The predicted molar refractivity (Wildman–Crippen MR) is 63.1 cm³/mol. The highest BCUT2D eigenvalue weighted by molar-refractivity contribution is 7.89. The van der Waals surface area contributed by atoms with Gasteiger partial charge in [0.2, 0.25) is 10.0 Å². The topological polar surface area (TPSA) is 81.4 Å². The Morgan fingerprint density at radius 2 is 2.18 bits per heavy atom. The van der Waals surface area contributed by atoms with E-state index in [1.807, 2.05) is 6.07 Å². The summed E-state index contributed by atoms with van der Waals surface area (Å²) in [4.78, 5) is -0.0749. The number of nitrogens with zero attached hydrogens (tertiary/aromatic N) is 2. The molecule has 1 N–H and O–H groups in total. The van der Waals surface area contributed by atoms with Crippen LogP contribution in [0.4, 0.5) is 0 Å². The van der Waals surface area contributed by atoms with Crippen LogP contribution in [0.5, 0.6) is 0 Å². The molecule has 0 heterocycles. The Hall–Kier alpha value is -1.13. The molecule has 1 aromatic carbocycles. The van der Waals surface area contributed by atoms with Gasteiger partial charge in [0.25, 0.3) is 0 Å². The van der Waals surface area contributed by atoms with E-state index in [9.17, 15) is 8.42 Å². The summed E-state index contributed by atoms with van der Waals surface area (Å²) in [5, 5.41) is 17.4. The molecule has 1 rings (SSSR count). The van der Waals surface area contributed by atoms with Gasteiger partial charge in [-0.3, -0.25) is 0 Å². The van der Waals surface area contributed by atoms with E-state index in [1.165, 1.54) is 25.2 Å². The van der Waals surface area contributed by atoms with Gasteiger partial charge in [0, 0.05) is 13.6 Å². The lowest BCUT2D eigenvalue weighted by Gasteiger charge is -2.16. The molecule has 0 atom stereocenters. The predicted octanol–water partition coefficient (Wildman–Crippen LogP) is 0.824. The molecule has 17 heavy (non-hydrogen) atoms. The number of hydrogen-bond acceptors (Lipinski definition) is 4. The molecule has 0 radical (unpaired) electrons. The standard InChI is InChI=1S/C10H11ClN2O3S/c1-13(4-5-14)17(15,16)10-3-2-8(7-12)6-9(10)11/h2-3,6,14H,4-5H2,1H3. The van der Waals surface area contributed by atoms with Gasteiger partial charge < -0.3 is 5.11 Å². The Morgan fingerprint density at radius 1 is 1.53 bits per heavy atom. The molecule has 5 nitrogen and oxygen atoms in total. The first-order chi connectivity index (χ1) is 7.93. The molecule has 0 aliphatic carbocycles. The van der Waals surface area contributed by atoms with Crippen LogP contribution in [0.2, 0.25) is 5.02 Å². The van der Waals surface area contributed by atoms with Crippen LogP contribution >= 0.6 is 11.6 Å². The lowest BCUT2D eigenvalue weighted by molar-refractivity contribution is 0.266. The third kappa shape index (κ3) is 2.96. The van der Waals surface area contributed by atoms with Crippen molar-refractivity contribution in [2.75, 3.05) is 20.2 Å². The van der Waals surface area contributed by atoms with Crippen molar-refractivity contribution in [1.29, 1.82) is 5.26 Å². The number of aliphatic hydroxyl groups is 1. The van der Waals surface area contributed by atoms with E-state index in [4.69, 9.17) is 22.0 Å². The zero-order chi connectivity index (χ0) is 13.1. The minimum atomic E-state index is -3.72. The summed E-state index contributed by atoms with van der Waals surface area (Å²) < 4.78 is 25.0. The van der Waals surface area contributed by atoms with Crippen LogP contribution in [0, 0.1) is 11.3 Å². The number of halogens is 1. The van der Waals surface area contributed by atoms with Crippen molar-refractivity contribution >= 4 is 21.6 Å². The number of sulfonamides is 1. The van der Waals surface area contributed by atoms with E-state index in [1.54, 1.807) is 0 Å². The Balaban J connectivity index is 3.21. The summed E-state index contributed by atoms with van der Waals surface area (Å²) in [5.41, 5.74) is 0.291. The third-order valence-corrected chi connectivity index (χ3v) is 4.50. The average molecular weight is 275 g/mol. The molecule has 0 saturated carbocycles. The minimum absolute atomic E-state index is 0.00570. The van der Waals surface area contributed by atoms with Gasteiger partial charge in [-0.2, -0.15) is 9.57 Å². The SMILES string of the molecule is CN(CCO)S(=O)(=O)c1ccc(C#N)cc1Cl. The first-order valence-electron chi connectivity index (χ1n) is 4.70. The van der Waals surface area contributed by atoms with Crippen LogP contribution in [-0.2, 0) is 10.0 Å². The number of nitriles is 1. The van der Waals surface area contributed by atoms with Gasteiger partial charge >= 0.3 is 0 Å². The Morgan fingerprint density at radius 3 is 2.65 bits per heavy atom. The van der Waals surface area contributed by atoms with Crippen molar-refractivity contribution in [2.24, 2.45) is 0 Å². The molecule has 0 spiro atoms. The average Bonchev–Trinajstić information content (AvgIpc) is 2.28. The smallest absolute Gasteiger partial charge is 0.244 e. The number of hydrogen-bond donors (Lipinski definition) is 1. The fourth-order valence-electron chi connectivity index (χ4n) is 1.21. The molecule has 0 saturated heterocycles. The number of aliphatic hydroxyl groups excluding tert-OH is 1. The van der Waals surface area contributed by atoms with Gasteiger partial charge in [0.05, 0.1) is 23.3 Å². The summed E-state index contributed by atoms with van der Waals surface area (Å²) >= 11 is 5.82. The Kier molecular flexibility index (Phi) is 4.48. The van der Waals surface area contributed by atoms with Crippen molar-refractivity contribution in [3.63, 3.8) is 0 Å². The van der Waals surface area contributed by atoms with Gasteiger partial charge in [0.15, 0.2) is 0 Å². The van der Waals surface area contributed by atoms with Crippen LogP contribution < -0.4 is 0 Å². The zero-order valence-electron chi connectivity index (χ0n) is 9.09. The van der Waals surface area contributed by atoms with Crippen molar-refractivity contribution in [1.82, 2.24) is 4.31 Å². The summed E-state index contributed by atoms with van der Waals surface area (Å²) in [7, 11) is -2.38. The second-order valence-electron chi connectivity index (χ2n) is 3.31. The lowest BCUT2D eigenvalue weighted by atomic mass is 10.2. The van der Waals surface area contributed by atoms with Crippen molar-refractivity contribution < 1.29 is 13.5 Å². The highest BCUT2D eigenvalue weighted by atomic mass is 35.5. The quantitative estimate of drug-likeness (QED) is 0.881. The largest absolute Gasteiger partial charge is 0.395 e. The fourth-order valence-corrected chi connectivity index (χ4v) is 2.88. The maximum atomic E-state index is 12.0. The molecule has 92 valence electrons. The van der Waals surface area contributed by atoms with Crippen LogP contribution in [0.3, 0.4) is 0 Å². The van der Waals surface area contributed by atoms with Gasteiger partial charge in [-0.25, -0.2) is 8.42 Å². The molecule has 0 amide bonds. The molecule has 0 unspecified atom stereocenters. The Bertz CT molecular complexity index is 551. The van der Waals surface area contributed by atoms with E-state index < -0.39 is 10.0 Å². The van der Waals surface area contributed by atoms with Crippen LogP contribution in [-0.4, -0.2) is 38.0 Å². The maximum Gasteiger partial charge on any atom is 0.244 e. The third-order valence-electron chi connectivity index (χ3n) is 2.16. The van der Waals surface area contributed by atoms with Crippen molar-refractivity contribution in [3.05, 3.63) is 28.8 Å². The van der Waals surface area contributed by atoms with E-state index in [-0.39, 0.29) is 23.1 Å². The molecule has 7 heteroatoms. The van der Waals surface area contributed by atoms with Crippen molar-refractivity contribution in [2.45, 2.75) is 4.90 Å². The van der Waals surface area contributed by atoms with E-state index in [2.05, 4.69) is 0 Å². The molecule has 0 fully saturated rings. The van der Waals surface area contributed by atoms with Crippen LogP contribution in [0.1, 0.15) is 5.56 Å². The van der Waals surface area contributed by atoms with Gasteiger partial charge in [-0.1, -0.05) is 11.6 Å². The monoisotopic (exact) mass is 274 g/mol. The summed E-state index contributed by atoms with van der Waals surface area (Å²) in [6, 6.07) is 5.82. The summed E-state index contributed by atoms with van der Waals surface area (Å²) in [6.07, 6.45) is 0. The number of benzene rings is 1. The van der Waals surface area contributed by atoms with Gasteiger partial charge in [0.1, 0.15) is 4.90 Å². The molecular formula is C10H11ClN2O3S. The lowest BCUT2D eigenvalue weighted by Crippen LogP contribution is -2.29. The maximum absolute atomic E-state index is 12.0. The minimum Gasteiger partial charge on any atom is -0.395 e. The van der Waals surface area contributed by atoms with Crippen molar-refractivity contribution in [3.8, 4) is 6.07 Å². The molecule has 0 bridgehead atoms. The van der Waals surface area contributed by atoms with E-state index in [0.29, 0.717) is 5.56 Å². The number of likely N-dealkylation sites (N-methyl/N-ethyl adjacent to an activating group) is 1. The van der Waals surface area contributed by atoms with E-state index >= 15 is 0 Å². The Labute approximate surface area is 105 Å². The van der Waals surface area contributed by atoms with E-state index in [0.717, 1.165) is 4.31 Å². The molecule has 0 aliphatic heterocycles. The fraction of sp³-hybridized carbons (Fsp3) is 0.300. The highest BCUT2D eigenvalue weighted by Gasteiger charge is 2.23. The number of rotatable bonds is 4. The molecule has 0 aromatic heterocycles. The van der Waals surface area contributed by atoms with Crippen LogP contribution in [0.25, 0.3) is 0 Å².